The average Bonchev–Trinajstić information content (AvgIpc) is 3.24. The molecule has 0 spiro atoms. The third-order valence-electron chi connectivity index (χ3n) is 8.73. The predicted octanol–water partition coefficient (Wildman–Crippen LogP) is 4.81. The highest BCUT2D eigenvalue weighted by Gasteiger charge is 2.56. The van der Waals surface area contributed by atoms with Gasteiger partial charge in [-0.05, 0) is 73.5 Å². The Morgan fingerprint density at radius 3 is 2.77 bits per heavy atom. The molecule has 2 N–H and O–H groups in total. The zero-order valence-corrected chi connectivity index (χ0v) is 16.2. The summed E-state index contributed by atoms with van der Waals surface area (Å²) < 4.78 is 0. The number of allylic oxidation sites excluding steroid dienone is 3. The number of fused-ring (bicyclic) bond motifs is 5. The molecule has 0 saturated heterocycles. The van der Waals surface area contributed by atoms with Gasteiger partial charge < -0.3 is 10.1 Å². The van der Waals surface area contributed by atoms with Crippen LogP contribution in [-0.2, 0) is 6.42 Å². The first-order valence-corrected chi connectivity index (χ1v) is 10.6. The minimum atomic E-state index is -0.104. The summed E-state index contributed by atoms with van der Waals surface area (Å²) in [4.78, 5) is 7.77. The molecule has 2 saturated carbocycles. The van der Waals surface area contributed by atoms with E-state index in [1.54, 1.807) is 11.1 Å². The van der Waals surface area contributed by atoms with Crippen LogP contribution in [-0.4, -0.2) is 21.2 Å². The third kappa shape index (κ3) is 2.32. The van der Waals surface area contributed by atoms with Gasteiger partial charge in [0.15, 0.2) is 0 Å². The lowest BCUT2D eigenvalue weighted by molar-refractivity contribution is -0.0298. The molecule has 0 radical (unpaired) electrons. The lowest BCUT2D eigenvalue weighted by Gasteiger charge is -2.57. The Morgan fingerprint density at radius 2 is 1.96 bits per heavy atom. The Labute approximate surface area is 157 Å². The van der Waals surface area contributed by atoms with Gasteiger partial charge in [-0.1, -0.05) is 37.1 Å². The molecule has 26 heavy (non-hydrogen) atoms. The van der Waals surface area contributed by atoms with Crippen LogP contribution in [0.2, 0.25) is 0 Å². The van der Waals surface area contributed by atoms with Crippen molar-refractivity contribution in [3.05, 3.63) is 41.5 Å². The fraction of sp³-hybridized carbons (Fsp3) is 0.696. The summed E-state index contributed by atoms with van der Waals surface area (Å²) in [6, 6.07) is 0. The number of imidazole rings is 1. The summed E-state index contributed by atoms with van der Waals surface area (Å²) >= 11 is 0. The molecule has 140 valence electrons. The predicted molar refractivity (Wildman–Crippen MR) is 103 cm³/mol. The molecule has 0 bridgehead atoms. The van der Waals surface area contributed by atoms with Crippen LogP contribution in [0.1, 0.15) is 64.6 Å². The van der Waals surface area contributed by atoms with E-state index in [-0.39, 0.29) is 6.10 Å². The SMILES string of the molecule is C[C@]12CC[C@H](O)CC1=CC[C@@H]1[C@@H]2CC[C@]2(C)C(Cc3ncc[nH]3)=CC[C@@H]12. The first-order valence-electron chi connectivity index (χ1n) is 10.6. The van der Waals surface area contributed by atoms with Gasteiger partial charge in [-0.2, -0.15) is 0 Å². The van der Waals surface area contributed by atoms with Crippen molar-refractivity contribution in [2.75, 3.05) is 0 Å². The molecule has 1 aromatic heterocycles. The van der Waals surface area contributed by atoms with Crippen molar-refractivity contribution >= 4 is 0 Å². The first-order chi connectivity index (χ1) is 12.5. The Morgan fingerprint density at radius 1 is 1.12 bits per heavy atom. The van der Waals surface area contributed by atoms with Gasteiger partial charge in [0.2, 0.25) is 0 Å². The van der Waals surface area contributed by atoms with Gasteiger partial charge in [-0.3, -0.25) is 0 Å². The van der Waals surface area contributed by atoms with Crippen LogP contribution in [0.4, 0.5) is 0 Å². The maximum atomic E-state index is 10.1. The van der Waals surface area contributed by atoms with Gasteiger partial charge in [-0.25, -0.2) is 4.98 Å². The van der Waals surface area contributed by atoms with E-state index < -0.39 is 0 Å². The van der Waals surface area contributed by atoms with Crippen LogP contribution in [0.25, 0.3) is 0 Å². The molecule has 0 amide bonds. The standard InChI is InChI=1S/C23H32N2O/c1-22-9-7-17(26)13-15(22)3-5-18-19-6-4-16(14-21-24-11-12-25-21)23(19,2)10-8-20(18)22/h3-4,11-12,17-20,26H,5-10,13-14H2,1-2H3,(H,24,25)/t17-,18-,19-,20-,22-,23+/m0/s1. The number of hydrogen-bond donors (Lipinski definition) is 2. The number of aromatic amines is 1. The number of hydrogen-bond acceptors (Lipinski definition) is 2. The van der Waals surface area contributed by atoms with Crippen LogP contribution >= 0.6 is 0 Å². The molecule has 0 aliphatic heterocycles. The van der Waals surface area contributed by atoms with Crippen molar-refractivity contribution in [1.82, 2.24) is 9.97 Å². The molecular weight excluding hydrogens is 320 g/mol. The third-order valence-corrected chi connectivity index (χ3v) is 8.73. The van der Waals surface area contributed by atoms with Crippen molar-refractivity contribution in [3.63, 3.8) is 0 Å². The number of aromatic nitrogens is 2. The molecule has 6 atom stereocenters. The summed E-state index contributed by atoms with van der Waals surface area (Å²) in [5.74, 6) is 3.51. The van der Waals surface area contributed by atoms with Crippen molar-refractivity contribution in [2.45, 2.75) is 71.3 Å². The second kappa shape index (κ2) is 5.82. The van der Waals surface area contributed by atoms with Crippen LogP contribution in [0, 0.1) is 28.6 Å². The topological polar surface area (TPSA) is 48.9 Å². The van der Waals surface area contributed by atoms with Gasteiger partial charge in [-0.15, -0.1) is 0 Å². The summed E-state index contributed by atoms with van der Waals surface area (Å²) in [5.41, 5.74) is 3.88. The summed E-state index contributed by atoms with van der Waals surface area (Å²) in [7, 11) is 0. The summed E-state index contributed by atoms with van der Waals surface area (Å²) in [6.45, 7) is 5.04. The Kier molecular flexibility index (Phi) is 3.76. The fourth-order valence-corrected chi connectivity index (χ4v) is 7.15. The van der Waals surface area contributed by atoms with Gasteiger partial charge in [0.25, 0.3) is 0 Å². The largest absolute Gasteiger partial charge is 0.393 e. The van der Waals surface area contributed by atoms with Crippen LogP contribution < -0.4 is 0 Å². The molecule has 3 heteroatoms. The van der Waals surface area contributed by atoms with Crippen molar-refractivity contribution in [1.29, 1.82) is 0 Å². The summed E-state index contributed by atoms with van der Waals surface area (Å²) in [5, 5.41) is 10.1. The molecule has 0 aromatic carbocycles. The van der Waals surface area contributed by atoms with E-state index in [1.807, 2.05) is 12.4 Å². The number of nitrogens with zero attached hydrogens (tertiary/aromatic N) is 1. The van der Waals surface area contributed by atoms with Crippen molar-refractivity contribution in [3.8, 4) is 0 Å². The van der Waals surface area contributed by atoms with Gasteiger partial charge >= 0.3 is 0 Å². The number of H-pyrrole nitrogens is 1. The molecule has 4 aliphatic rings. The number of aliphatic hydroxyl groups is 1. The van der Waals surface area contributed by atoms with Crippen molar-refractivity contribution < 1.29 is 5.11 Å². The minimum absolute atomic E-state index is 0.104. The van der Waals surface area contributed by atoms with Crippen molar-refractivity contribution in [2.24, 2.45) is 28.6 Å². The summed E-state index contributed by atoms with van der Waals surface area (Å²) in [6.07, 6.45) is 18.0. The monoisotopic (exact) mass is 352 g/mol. The highest BCUT2D eigenvalue weighted by molar-refractivity contribution is 5.31. The molecule has 5 rings (SSSR count). The normalized spacial score (nSPS) is 44.6. The minimum Gasteiger partial charge on any atom is -0.393 e. The smallest absolute Gasteiger partial charge is 0.110 e. The fourth-order valence-electron chi connectivity index (χ4n) is 7.15. The van der Waals surface area contributed by atoms with Crippen LogP contribution in [0.3, 0.4) is 0 Å². The quantitative estimate of drug-likeness (QED) is 0.750. The van der Waals surface area contributed by atoms with E-state index in [1.165, 1.54) is 32.1 Å². The van der Waals surface area contributed by atoms with E-state index in [4.69, 9.17) is 0 Å². The second-order valence-electron chi connectivity index (χ2n) is 9.79. The average molecular weight is 353 g/mol. The molecule has 1 aromatic rings. The number of nitrogens with one attached hydrogen (secondary N) is 1. The first kappa shape index (κ1) is 16.8. The molecule has 4 aliphatic carbocycles. The molecular formula is C23H32N2O. The number of rotatable bonds is 2. The Balaban J connectivity index is 1.42. The lowest BCUT2D eigenvalue weighted by atomic mass is 9.47. The second-order valence-corrected chi connectivity index (χ2v) is 9.79. The highest BCUT2D eigenvalue weighted by atomic mass is 16.3. The van der Waals surface area contributed by atoms with E-state index in [0.717, 1.165) is 42.8 Å². The van der Waals surface area contributed by atoms with Crippen LogP contribution in [0.15, 0.2) is 35.7 Å². The zero-order valence-electron chi connectivity index (χ0n) is 16.2. The number of aliphatic hydroxyl groups excluding tert-OH is 1. The highest BCUT2D eigenvalue weighted by Crippen LogP contribution is 2.65. The lowest BCUT2D eigenvalue weighted by Crippen LogP contribution is -2.50. The molecule has 1 heterocycles. The van der Waals surface area contributed by atoms with Gasteiger partial charge in [0, 0.05) is 18.8 Å². The molecule has 2 fully saturated rings. The molecule has 3 nitrogen and oxygen atoms in total. The maximum absolute atomic E-state index is 10.1. The zero-order chi connectivity index (χ0) is 17.9. The molecule has 0 unspecified atom stereocenters. The van der Waals surface area contributed by atoms with Gasteiger partial charge in [0.05, 0.1) is 6.10 Å². The van der Waals surface area contributed by atoms with E-state index in [9.17, 15) is 5.11 Å². The Bertz CT molecular complexity index is 748. The van der Waals surface area contributed by atoms with E-state index in [2.05, 4.69) is 36.0 Å². The maximum Gasteiger partial charge on any atom is 0.110 e. The van der Waals surface area contributed by atoms with Gasteiger partial charge in [0.1, 0.15) is 5.82 Å². The Hall–Kier alpha value is -1.35. The van der Waals surface area contributed by atoms with Crippen LogP contribution in [0.5, 0.6) is 0 Å². The van der Waals surface area contributed by atoms with E-state index >= 15 is 0 Å². The van der Waals surface area contributed by atoms with E-state index in [0.29, 0.717) is 10.8 Å².